The first-order valence-corrected chi connectivity index (χ1v) is 9.67. The van der Waals surface area contributed by atoms with E-state index in [9.17, 15) is 5.11 Å². The summed E-state index contributed by atoms with van der Waals surface area (Å²) < 4.78 is 5.53. The Bertz CT molecular complexity index is 512. The van der Waals surface area contributed by atoms with Gasteiger partial charge < -0.3 is 20.5 Å². The van der Waals surface area contributed by atoms with E-state index in [1.54, 1.807) is 11.3 Å². The fraction of sp³-hybridized carbons (Fsp3) is 0.765. The van der Waals surface area contributed by atoms with Gasteiger partial charge in [-0.05, 0) is 33.1 Å². The van der Waals surface area contributed by atoms with Gasteiger partial charge in [0.1, 0.15) is 0 Å². The number of aliphatic hydroxyl groups excluding tert-OH is 1. The highest BCUT2D eigenvalue weighted by molar-refractivity contribution is 7.09. The van der Waals surface area contributed by atoms with Gasteiger partial charge in [0.25, 0.3) is 0 Å². The number of aliphatic imine (C=N–C) groups is 1. The number of nitrogens with zero attached hydrogens (tertiary/aromatic N) is 2. The average Bonchev–Trinajstić information content (AvgIpc) is 3.19. The molecule has 0 aliphatic carbocycles. The molecule has 1 unspecified atom stereocenters. The Morgan fingerprint density at radius 1 is 1.50 bits per heavy atom. The standard InChI is InChI=1S/C17H30N4O2S/c1-3-18-16(19-8-4-5-15-21-14(2)11-24-15)20-12-17(6-9-22)7-10-23-13-17/h11,22H,3-10,12-13H2,1-2H3,(H2,18,19,20). The van der Waals surface area contributed by atoms with E-state index >= 15 is 0 Å². The molecule has 0 radical (unpaired) electrons. The SMILES string of the molecule is CCNC(=NCC1(CCO)CCOC1)NCCCc1nc(C)cs1. The Morgan fingerprint density at radius 3 is 3.00 bits per heavy atom. The lowest BCUT2D eigenvalue weighted by atomic mass is 9.84. The highest BCUT2D eigenvalue weighted by Gasteiger charge is 2.34. The molecule has 1 aromatic rings. The maximum absolute atomic E-state index is 9.30. The molecule has 136 valence electrons. The lowest BCUT2D eigenvalue weighted by molar-refractivity contribution is 0.131. The molecule has 0 bridgehead atoms. The minimum atomic E-state index is -0.00445. The van der Waals surface area contributed by atoms with Crippen LogP contribution in [-0.4, -0.2) is 55.5 Å². The van der Waals surface area contributed by atoms with Crippen molar-refractivity contribution in [1.29, 1.82) is 0 Å². The van der Waals surface area contributed by atoms with Gasteiger partial charge in [0.05, 0.1) is 18.2 Å². The molecule has 1 saturated heterocycles. The van der Waals surface area contributed by atoms with Crippen LogP contribution < -0.4 is 10.6 Å². The summed E-state index contributed by atoms with van der Waals surface area (Å²) in [5.41, 5.74) is 1.10. The maximum atomic E-state index is 9.30. The fourth-order valence-electron chi connectivity index (χ4n) is 2.84. The summed E-state index contributed by atoms with van der Waals surface area (Å²) in [4.78, 5) is 9.21. The lowest BCUT2D eigenvalue weighted by Gasteiger charge is -2.24. The zero-order valence-corrected chi connectivity index (χ0v) is 15.6. The van der Waals surface area contributed by atoms with Crippen LogP contribution in [0, 0.1) is 12.3 Å². The van der Waals surface area contributed by atoms with Gasteiger partial charge in [0.15, 0.2) is 5.96 Å². The predicted molar refractivity (Wildman–Crippen MR) is 98.7 cm³/mol. The van der Waals surface area contributed by atoms with Crippen molar-refractivity contribution in [3.05, 3.63) is 16.1 Å². The number of hydrogen-bond donors (Lipinski definition) is 3. The first-order valence-electron chi connectivity index (χ1n) is 8.79. The van der Waals surface area contributed by atoms with Crippen molar-refractivity contribution >= 4 is 17.3 Å². The Balaban J connectivity index is 1.79. The van der Waals surface area contributed by atoms with Crippen LogP contribution in [-0.2, 0) is 11.2 Å². The molecular formula is C17H30N4O2S. The molecule has 7 heteroatoms. The summed E-state index contributed by atoms with van der Waals surface area (Å²) in [6.07, 6.45) is 3.74. The van der Waals surface area contributed by atoms with Crippen molar-refractivity contribution < 1.29 is 9.84 Å². The summed E-state index contributed by atoms with van der Waals surface area (Å²) >= 11 is 1.73. The van der Waals surface area contributed by atoms with Crippen LogP contribution in [0.25, 0.3) is 0 Å². The molecule has 3 N–H and O–H groups in total. The van der Waals surface area contributed by atoms with Gasteiger partial charge in [-0.25, -0.2) is 4.98 Å². The van der Waals surface area contributed by atoms with Crippen molar-refractivity contribution in [1.82, 2.24) is 15.6 Å². The van der Waals surface area contributed by atoms with Gasteiger partial charge >= 0.3 is 0 Å². The van der Waals surface area contributed by atoms with Crippen LogP contribution in [0.1, 0.15) is 36.9 Å². The molecule has 1 fully saturated rings. The number of nitrogens with one attached hydrogen (secondary N) is 2. The minimum absolute atomic E-state index is 0.00445. The van der Waals surface area contributed by atoms with E-state index in [-0.39, 0.29) is 12.0 Å². The van der Waals surface area contributed by atoms with E-state index in [0.717, 1.165) is 57.0 Å². The highest BCUT2D eigenvalue weighted by atomic mass is 32.1. The van der Waals surface area contributed by atoms with E-state index < -0.39 is 0 Å². The average molecular weight is 355 g/mol. The zero-order valence-electron chi connectivity index (χ0n) is 14.8. The number of ether oxygens (including phenoxy) is 1. The molecule has 24 heavy (non-hydrogen) atoms. The molecule has 2 heterocycles. The number of rotatable bonds is 9. The van der Waals surface area contributed by atoms with Crippen LogP contribution in [0.4, 0.5) is 0 Å². The summed E-state index contributed by atoms with van der Waals surface area (Å²) in [5, 5.41) is 19.3. The monoisotopic (exact) mass is 354 g/mol. The second-order valence-electron chi connectivity index (χ2n) is 6.38. The molecule has 0 spiro atoms. The lowest BCUT2D eigenvalue weighted by Crippen LogP contribution is -2.39. The topological polar surface area (TPSA) is 78.8 Å². The third-order valence-electron chi connectivity index (χ3n) is 4.27. The Kier molecular flexibility index (Phi) is 7.94. The van der Waals surface area contributed by atoms with E-state index in [0.29, 0.717) is 13.2 Å². The van der Waals surface area contributed by atoms with Gasteiger partial charge in [-0.1, -0.05) is 0 Å². The molecule has 1 aromatic heterocycles. The van der Waals surface area contributed by atoms with Crippen molar-refractivity contribution in [3.8, 4) is 0 Å². The molecule has 1 atom stereocenters. The van der Waals surface area contributed by atoms with Crippen molar-refractivity contribution in [2.24, 2.45) is 10.4 Å². The van der Waals surface area contributed by atoms with Gasteiger partial charge in [-0.15, -0.1) is 11.3 Å². The largest absolute Gasteiger partial charge is 0.396 e. The number of hydrogen-bond acceptors (Lipinski definition) is 5. The second kappa shape index (κ2) is 9.96. The first kappa shape index (κ1) is 19.1. The Labute approximate surface area is 148 Å². The summed E-state index contributed by atoms with van der Waals surface area (Å²) in [6.45, 7) is 8.15. The van der Waals surface area contributed by atoms with Gasteiger partial charge in [-0.3, -0.25) is 4.99 Å². The molecule has 0 saturated carbocycles. The second-order valence-corrected chi connectivity index (χ2v) is 7.33. The van der Waals surface area contributed by atoms with Crippen LogP contribution in [0.3, 0.4) is 0 Å². The normalized spacial score (nSPS) is 21.2. The molecule has 1 aliphatic heterocycles. The predicted octanol–water partition coefficient (Wildman–Crippen LogP) is 1.73. The number of aromatic nitrogens is 1. The molecule has 0 aromatic carbocycles. The number of guanidine groups is 1. The van der Waals surface area contributed by atoms with E-state index in [2.05, 4.69) is 27.9 Å². The summed E-state index contributed by atoms with van der Waals surface area (Å²) in [6, 6.07) is 0. The summed E-state index contributed by atoms with van der Waals surface area (Å²) in [5.74, 6) is 0.844. The third kappa shape index (κ3) is 6.03. The molecule has 2 rings (SSSR count). The Morgan fingerprint density at radius 2 is 2.38 bits per heavy atom. The molecular weight excluding hydrogens is 324 g/mol. The number of aryl methyl sites for hydroxylation is 2. The van der Waals surface area contributed by atoms with E-state index in [4.69, 9.17) is 9.73 Å². The van der Waals surface area contributed by atoms with Crippen LogP contribution in [0.2, 0.25) is 0 Å². The smallest absolute Gasteiger partial charge is 0.191 e. The van der Waals surface area contributed by atoms with Gasteiger partial charge in [-0.2, -0.15) is 0 Å². The highest BCUT2D eigenvalue weighted by Crippen LogP contribution is 2.32. The summed E-state index contributed by atoms with van der Waals surface area (Å²) in [7, 11) is 0. The third-order valence-corrected chi connectivity index (χ3v) is 5.30. The first-order chi connectivity index (χ1) is 11.7. The quantitative estimate of drug-likeness (QED) is 0.358. The number of aliphatic hydroxyl groups is 1. The van der Waals surface area contributed by atoms with Crippen LogP contribution >= 0.6 is 11.3 Å². The molecule has 1 aliphatic rings. The van der Waals surface area contributed by atoms with Crippen LogP contribution in [0.15, 0.2) is 10.4 Å². The molecule has 0 amide bonds. The Hall–Kier alpha value is -1.18. The van der Waals surface area contributed by atoms with E-state index in [1.807, 2.05) is 6.92 Å². The molecule has 6 nitrogen and oxygen atoms in total. The minimum Gasteiger partial charge on any atom is -0.396 e. The number of thiazole rings is 1. The van der Waals surface area contributed by atoms with Crippen LogP contribution in [0.5, 0.6) is 0 Å². The van der Waals surface area contributed by atoms with Crippen molar-refractivity contribution in [2.45, 2.75) is 39.5 Å². The van der Waals surface area contributed by atoms with Crippen molar-refractivity contribution in [3.63, 3.8) is 0 Å². The maximum Gasteiger partial charge on any atom is 0.191 e. The fourth-order valence-corrected chi connectivity index (χ4v) is 3.66. The van der Waals surface area contributed by atoms with Gasteiger partial charge in [0.2, 0.25) is 0 Å². The van der Waals surface area contributed by atoms with E-state index in [1.165, 1.54) is 5.01 Å². The zero-order chi connectivity index (χ0) is 17.3. The van der Waals surface area contributed by atoms with Crippen molar-refractivity contribution in [2.75, 3.05) is 39.5 Å². The van der Waals surface area contributed by atoms with Gasteiger partial charge in [0, 0.05) is 49.2 Å².